The van der Waals surface area contributed by atoms with Crippen LogP contribution in [0.1, 0.15) is 26.2 Å². The molecule has 1 heterocycles. The molecule has 0 spiro atoms. The molecule has 0 saturated carbocycles. The molecule has 0 aromatic rings. The summed E-state index contributed by atoms with van der Waals surface area (Å²) in [6, 6.07) is 2.38. The van der Waals surface area contributed by atoms with Crippen LogP contribution in [0.2, 0.25) is 0 Å². The fourth-order valence-corrected chi connectivity index (χ4v) is 1.80. The van der Waals surface area contributed by atoms with Gasteiger partial charge in [-0.3, -0.25) is 4.90 Å². The van der Waals surface area contributed by atoms with Gasteiger partial charge in [0, 0.05) is 6.04 Å². The predicted octanol–water partition coefficient (Wildman–Crippen LogP) is 0.745. The Balaban J connectivity index is 2.53. The predicted molar refractivity (Wildman–Crippen MR) is 46.5 cm³/mol. The van der Waals surface area contributed by atoms with E-state index in [4.69, 9.17) is 10.4 Å². The van der Waals surface area contributed by atoms with Gasteiger partial charge < -0.3 is 5.11 Å². The average molecular weight is 168 g/mol. The number of hydrogen-bond acceptors (Lipinski definition) is 3. The monoisotopic (exact) mass is 168 g/mol. The van der Waals surface area contributed by atoms with Crippen LogP contribution in [0.4, 0.5) is 0 Å². The van der Waals surface area contributed by atoms with Crippen molar-refractivity contribution in [3.8, 4) is 6.07 Å². The van der Waals surface area contributed by atoms with Crippen molar-refractivity contribution in [2.75, 3.05) is 13.2 Å². The van der Waals surface area contributed by atoms with E-state index in [1.54, 1.807) is 0 Å². The molecular formula is C9H16N2O. The number of nitriles is 1. The van der Waals surface area contributed by atoms with Gasteiger partial charge >= 0.3 is 0 Å². The molecule has 2 unspecified atom stereocenters. The van der Waals surface area contributed by atoms with Gasteiger partial charge in [0.25, 0.3) is 0 Å². The van der Waals surface area contributed by atoms with Crippen LogP contribution in [-0.4, -0.2) is 35.2 Å². The van der Waals surface area contributed by atoms with Gasteiger partial charge in [0.1, 0.15) is 0 Å². The molecule has 0 aromatic carbocycles. The summed E-state index contributed by atoms with van der Waals surface area (Å²) in [5, 5.41) is 17.8. The molecule has 1 aliphatic rings. The average Bonchev–Trinajstić information content (AvgIpc) is 2.16. The number of rotatable bonds is 2. The molecule has 3 heteroatoms. The van der Waals surface area contributed by atoms with Crippen molar-refractivity contribution in [3.05, 3.63) is 0 Å². The third-order valence-corrected chi connectivity index (χ3v) is 2.57. The second kappa shape index (κ2) is 4.44. The third-order valence-electron chi connectivity index (χ3n) is 2.57. The van der Waals surface area contributed by atoms with Crippen molar-refractivity contribution in [2.24, 2.45) is 0 Å². The lowest BCUT2D eigenvalue weighted by atomic mass is 10.0. The summed E-state index contributed by atoms with van der Waals surface area (Å²) in [5.74, 6) is 0. The fraction of sp³-hybridized carbons (Fsp3) is 0.889. The van der Waals surface area contributed by atoms with Crippen LogP contribution in [0.15, 0.2) is 0 Å². The lowest BCUT2D eigenvalue weighted by Gasteiger charge is -2.36. The van der Waals surface area contributed by atoms with E-state index in [0.29, 0.717) is 0 Å². The Hall–Kier alpha value is -0.590. The highest BCUT2D eigenvalue weighted by atomic mass is 16.3. The van der Waals surface area contributed by atoms with Crippen LogP contribution in [0.25, 0.3) is 0 Å². The van der Waals surface area contributed by atoms with Crippen LogP contribution in [0.3, 0.4) is 0 Å². The molecule has 2 atom stereocenters. The second-order valence-electron chi connectivity index (χ2n) is 3.38. The molecule has 0 aliphatic carbocycles. The van der Waals surface area contributed by atoms with Gasteiger partial charge in [-0.2, -0.15) is 5.26 Å². The zero-order valence-corrected chi connectivity index (χ0v) is 7.53. The number of nitrogens with zero attached hydrogens (tertiary/aromatic N) is 2. The summed E-state index contributed by atoms with van der Waals surface area (Å²) < 4.78 is 0. The van der Waals surface area contributed by atoms with Gasteiger partial charge in [-0.05, 0) is 26.3 Å². The van der Waals surface area contributed by atoms with Crippen molar-refractivity contribution in [2.45, 2.75) is 38.3 Å². The molecule has 12 heavy (non-hydrogen) atoms. The highest BCUT2D eigenvalue weighted by Crippen LogP contribution is 2.18. The molecule has 1 saturated heterocycles. The van der Waals surface area contributed by atoms with Gasteiger partial charge in [-0.15, -0.1) is 0 Å². The van der Waals surface area contributed by atoms with Gasteiger partial charge in [-0.25, -0.2) is 0 Å². The first-order chi connectivity index (χ1) is 5.79. The maximum Gasteiger partial charge on any atom is 0.0952 e. The van der Waals surface area contributed by atoms with Crippen LogP contribution >= 0.6 is 0 Å². The van der Waals surface area contributed by atoms with Crippen LogP contribution in [0.5, 0.6) is 0 Å². The summed E-state index contributed by atoms with van der Waals surface area (Å²) in [6.45, 7) is 3.04. The summed E-state index contributed by atoms with van der Waals surface area (Å²) >= 11 is 0. The molecule has 0 bridgehead atoms. The van der Waals surface area contributed by atoms with Gasteiger partial charge in [0.2, 0.25) is 0 Å². The first kappa shape index (κ1) is 9.50. The molecule has 1 N–H and O–H groups in total. The summed E-state index contributed by atoms with van der Waals surface area (Å²) in [6.07, 6.45) is 3.37. The number of aliphatic hydroxyl groups is 1. The van der Waals surface area contributed by atoms with Crippen molar-refractivity contribution >= 4 is 0 Å². The topological polar surface area (TPSA) is 47.3 Å². The molecule has 1 aliphatic heterocycles. The lowest BCUT2D eigenvalue weighted by molar-refractivity contribution is 0.0762. The Morgan fingerprint density at radius 1 is 1.67 bits per heavy atom. The van der Waals surface area contributed by atoms with Crippen LogP contribution in [0, 0.1) is 11.3 Å². The summed E-state index contributed by atoms with van der Waals surface area (Å²) in [4.78, 5) is 2.10. The number of aliphatic hydroxyl groups excluding tert-OH is 1. The van der Waals surface area contributed by atoms with E-state index in [0.717, 1.165) is 19.4 Å². The Bertz CT molecular complexity index is 176. The number of hydrogen-bond donors (Lipinski definition) is 1. The quantitative estimate of drug-likeness (QED) is 0.661. The Morgan fingerprint density at radius 2 is 2.42 bits per heavy atom. The van der Waals surface area contributed by atoms with Gasteiger partial charge in [0.05, 0.1) is 18.7 Å². The van der Waals surface area contributed by atoms with E-state index in [1.807, 2.05) is 6.92 Å². The standard InChI is InChI=1S/C9H16N2O/c1-8(6-10)11-5-3-2-4-9(11)7-12/h8-9,12H,2-5,7H2,1H3. The smallest absolute Gasteiger partial charge is 0.0952 e. The molecule has 0 radical (unpaired) electrons. The maximum atomic E-state index is 9.05. The molecular weight excluding hydrogens is 152 g/mol. The molecule has 0 aromatic heterocycles. The van der Waals surface area contributed by atoms with E-state index in [-0.39, 0.29) is 18.7 Å². The van der Waals surface area contributed by atoms with Gasteiger partial charge in [0.15, 0.2) is 0 Å². The molecule has 3 nitrogen and oxygen atoms in total. The van der Waals surface area contributed by atoms with Crippen molar-refractivity contribution < 1.29 is 5.11 Å². The van der Waals surface area contributed by atoms with Crippen LogP contribution in [-0.2, 0) is 0 Å². The third kappa shape index (κ3) is 1.96. The molecule has 0 amide bonds. The molecule has 1 rings (SSSR count). The van der Waals surface area contributed by atoms with E-state index in [9.17, 15) is 0 Å². The van der Waals surface area contributed by atoms with E-state index in [2.05, 4.69) is 11.0 Å². The van der Waals surface area contributed by atoms with Crippen molar-refractivity contribution in [1.82, 2.24) is 4.90 Å². The maximum absolute atomic E-state index is 9.05. The first-order valence-electron chi connectivity index (χ1n) is 4.55. The zero-order valence-electron chi connectivity index (χ0n) is 7.53. The highest BCUT2D eigenvalue weighted by Gasteiger charge is 2.25. The summed E-state index contributed by atoms with van der Waals surface area (Å²) in [5.41, 5.74) is 0. The Labute approximate surface area is 73.6 Å². The van der Waals surface area contributed by atoms with E-state index < -0.39 is 0 Å². The highest BCUT2D eigenvalue weighted by molar-refractivity contribution is 4.92. The number of likely N-dealkylation sites (tertiary alicyclic amines) is 1. The van der Waals surface area contributed by atoms with Crippen molar-refractivity contribution in [1.29, 1.82) is 5.26 Å². The lowest BCUT2D eigenvalue weighted by Crippen LogP contribution is -2.46. The molecule has 1 fully saturated rings. The van der Waals surface area contributed by atoms with Gasteiger partial charge in [-0.1, -0.05) is 6.42 Å². The van der Waals surface area contributed by atoms with E-state index >= 15 is 0 Å². The minimum Gasteiger partial charge on any atom is -0.395 e. The second-order valence-corrected chi connectivity index (χ2v) is 3.38. The fourth-order valence-electron chi connectivity index (χ4n) is 1.80. The normalized spacial score (nSPS) is 27.9. The number of piperidine rings is 1. The minimum absolute atomic E-state index is 0.0533. The summed E-state index contributed by atoms with van der Waals surface area (Å²) in [7, 11) is 0. The minimum atomic E-state index is -0.0533. The van der Waals surface area contributed by atoms with E-state index in [1.165, 1.54) is 6.42 Å². The van der Waals surface area contributed by atoms with Crippen molar-refractivity contribution in [3.63, 3.8) is 0 Å². The zero-order chi connectivity index (χ0) is 8.97. The SMILES string of the molecule is CC(C#N)N1CCCCC1CO. The van der Waals surface area contributed by atoms with Crippen LogP contribution < -0.4 is 0 Å². The largest absolute Gasteiger partial charge is 0.395 e. The Kier molecular flexibility index (Phi) is 3.51. The first-order valence-corrected chi connectivity index (χ1v) is 4.55. The molecule has 68 valence electrons. The Morgan fingerprint density at radius 3 is 3.00 bits per heavy atom.